The number of carbonyl (C=O) groups excluding carboxylic acids is 2. The van der Waals surface area contributed by atoms with Gasteiger partial charge in [-0.05, 0) is 37.1 Å². The zero-order chi connectivity index (χ0) is 20.5. The number of nitrogens with zero attached hydrogens (tertiary/aromatic N) is 5. The fourth-order valence-corrected chi connectivity index (χ4v) is 4.32. The predicted molar refractivity (Wildman–Crippen MR) is 110 cm³/mol. The quantitative estimate of drug-likeness (QED) is 0.665. The molecule has 8 nitrogen and oxygen atoms in total. The Hall–Kier alpha value is -3.42. The Labute approximate surface area is 174 Å². The first-order valence-electron chi connectivity index (χ1n) is 10.3. The molecule has 1 aromatic carbocycles. The molecule has 0 bridgehead atoms. The predicted octanol–water partition coefficient (Wildman–Crippen LogP) is 2.25. The molecule has 5 rings (SSSR count). The highest BCUT2D eigenvalue weighted by Crippen LogP contribution is 2.32. The van der Waals surface area contributed by atoms with Gasteiger partial charge in [0.05, 0.1) is 5.69 Å². The lowest BCUT2D eigenvalue weighted by Crippen LogP contribution is -2.43. The van der Waals surface area contributed by atoms with E-state index in [1.807, 2.05) is 58.0 Å². The fourth-order valence-electron chi connectivity index (χ4n) is 4.32. The molecule has 1 fully saturated rings. The Balaban J connectivity index is 1.26. The van der Waals surface area contributed by atoms with E-state index in [1.165, 1.54) is 0 Å². The van der Waals surface area contributed by atoms with Crippen LogP contribution < -0.4 is 9.64 Å². The third kappa shape index (κ3) is 3.38. The SMILES string of the molecule is O=C(CCN1C(=O)COc2ccccc21)N1CCCC(c2nnc3ccccn23)C1. The second kappa shape index (κ2) is 7.78. The Morgan fingerprint density at radius 3 is 2.93 bits per heavy atom. The van der Waals surface area contributed by atoms with Crippen LogP contribution in [0, 0.1) is 0 Å². The molecular weight excluding hydrogens is 382 g/mol. The average Bonchev–Trinajstić information content (AvgIpc) is 3.22. The first-order chi connectivity index (χ1) is 14.7. The summed E-state index contributed by atoms with van der Waals surface area (Å²) in [6.07, 6.45) is 4.16. The van der Waals surface area contributed by atoms with Gasteiger partial charge in [-0.2, -0.15) is 0 Å². The highest BCUT2D eigenvalue weighted by molar-refractivity contribution is 5.98. The molecule has 8 heteroatoms. The van der Waals surface area contributed by atoms with Crippen LogP contribution in [0.1, 0.15) is 31.0 Å². The normalized spacial score (nSPS) is 18.9. The number of pyridine rings is 1. The van der Waals surface area contributed by atoms with Gasteiger partial charge in [0.2, 0.25) is 5.91 Å². The molecule has 2 aromatic heterocycles. The number of fused-ring (bicyclic) bond motifs is 2. The third-order valence-electron chi connectivity index (χ3n) is 5.84. The Morgan fingerprint density at radius 2 is 2.00 bits per heavy atom. The van der Waals surface area contributed by atoms with Gasteiger partial charge < -0.3 is 14.5 Å². The van der Waals surface area contributed by atoms with Crippen molar-refractivity contribution in [1.29, 1.82) is 0 Å². The summed E-state index contributed by atoms with van der Waals surface area (Å²) in [6, 6.07) is 13.3. The maximum absolute atomic E-state index is 13.0. The zero-order valence-electron chi connectivity index (χ0n) is 16.6. The van der Waals surface area contributed by atoms with Crippen LogP contribution in [-0.2, 0) is 9.59 Å². The van der Waals surface area contributed by atoms with Crippen molar-refractivity contribution >= 4 is 23.1 Å². The molecule has 4 heterocycles. The Kier molecular flexibility index (Phi) is 4.82. The summed E-state index contributed by atoms with van der Waals surface area (Å²) >= 11 is 0. The number of ether oxygens (including phenoxy) is 1. The minimum absolute atomic E-state index is 0.0109. The lowest BCUT2D eigenvalue weighted by atomic mass is 9.97. The molecule has 2 amide bonds. The summed E-state index contributed by atoms with van der Waals surface area (Å²) < 4.78 is 7.48. The number of amides is 2. The number of piperidine rings is 1. The molecule has 0 aliphatic carbocycles. The Morgan fingerprint density at radius 1 is 1.13 bits per heavy atom. The smallest absolute Gasteiger partial charge is 0.265 e. The van der Waals surface area contributed by atoms with Gasteiger partial charge in [0.1, 0.15) is 11.6 Å². The van der Waals surface area contributed by atoms with Gasteiger partial charge in [-0.15, -0.1) is 10.2 Å². The molecule has 154 valence electrons. The van der Waals surface area contributed by atoms with E-state index in [9.17, 15) is 9.59 Å². The number of para-hydroxylation sites is 2. The fraction of sp³-hybridized carbons (Fsp3) is 0.364. The van der Waals surface area contributed by atoms with Gasteiger partial charge in [-0.3, -0.25) is 14.0 Å². The van der Waals surface area contributed by atoms with Crippen LogP contribution in [0.4, 0.5) is 5.69 Å². The van der Waals surface area contributed by atoms with Crippen LogP contribution in [0.2, 0.25) is 0 Å². The molecule has 0 radical (unpaired) electrons. The second-order valence-electron chi connectivity index (χ2n) is 7.72. The van der Waals surface area contributed by atoms with Gasteiger partial charge >= 0.3 is 0 Å². The van der Waals surface area contributed by atoms with Crippen LogP contribution in [0.3, 0.4) is 0 Å². The summed E-state index contributed by atoms with van der Waals surface area (Å²) in [6.45, 7) is 1.73. The van der Waals surface area contributed by atoms with E-state index >= 15 is 0 Å². The summed E-state index contributed by atoms with van der Waals surface area (Å²) in [4.78, 5) is 28.8. The minimum atomic E-state index is -0.118. The molecule has 30 heavy (non-hydrogen) atoms. The number of aromatic nitrogens is 3. The minimum Gasteiger partial charge on any atom is -0.482 e. The third-order valence-corrected chi connectivity index (χ3v) is 5.84. The van der Waals surface area contributed by atoms with Crippen LogP contribution in [0.5, 0.6) is 5.75 Å². The van der Waals surface area contributed by atoms with Crippen molar-refractivity contribution in [3.05, 3.63) is 54.5 Å². The number of hydrogen-bond acceptors (Lipinski definition) is 5. The standard InChI is InChI=1S/C22H23N5O3/c28-20(10-13-26-17-7-1-2-8-18(17)30-15-21(26)29)25-11-5-6-16(14-25)22-24-23-19-9-3-4-12-27(19)22/h1-4,7-9,12,16H,5-6,10-11,13-15H2. The molecule has 3 aromatic rings. The molecule has 2 aliphatic heterocycles. The van der Waals surface area contributed by atoms with Crippen molar-refractivity contribution in [3.63, 3.8) is 0 Å². The van der Waals surface area contributed by atoms with Gasteiger partial charge in [-0.25, -0.2) is 0 Å². The van der Waals surface area contributed by atoms with E-state index < -0.39 is 0 Å². The van der Waals surface area contributed by atoms with Gasteiger partial charge in [0.25, 0.3) is 5.91 Å². The van der Waals surface area contributed by atoms with Crippen LogP contribution in [0.15, 0.2) is 48.7 Å². The van der Waals surface area contributed by atoms with E-state index in [2.05, 4.69) is 10.2 Å². The van der Waals surface area contributed by atoms with E-state index in [-0.39, 0.29) is 30.8 Å². The molecule has 0 spiro atoms. The van der Waals surface area contributed by atoms with E-state index in [4.69, 9.17) is 4.74 Å². The van der Waals surface area contributed by atoms with Crippen molar-refractivity contribution in [2.75, 3.05) is 31.1 Å². The molecule has 1 saturated heterocycles. The van der Waals surface area contributed by atoms with Crippen molar-refractivity contribution in [1.82, 2.24) is 19.5 Å². The molecule has 0 saturated carbocycles. The lowest BCUT2D eigenvalue weighted by molar-refractivity contribution is -0.132. The summed E-state index contributed by atoms with van der Waals surface area (Å²) in [5.74, 6) is 1.69. The maximum atomic E-state index is 13.0. The van der Waals surface area contributed by atoms with E-state index in [0.717, 1.165) is 36.5 Å². The average molecular weight is 405 g/mol. The Bertz CT molecular complexity index is 1100. The van der Waals surface area contributed by atoms with Crippen LogP contribution in [-0.4, -0.2) is 57.6 Å². The van der Waals surface area contributed by atoms with Gasteiger partial charge in [-0.1, -0.05) is 18.2 Å². The summed E-state index contributed by atoms with van der Waals surface area (Å²) in [5.41, 5.74) is 1.55. The van der Waals surface area contributed by atoms with Crippen LogP contribution in [0.25, 0.3) is 5.65 Å². The van der Waals surface area contributed by atoms with E-state index in [0.29, 0.717) is 18.8 Å². The molecule has 2 aliphatic rings. The number of benzene rings is 1. The van der Waals surface area contributed by atoms with E-state index in [1.54, 1.807) is 4.90 Å². The molecule has 0 N–H and O–H groups in total. The number of anilines is 1. The number of rotatable bonds is 4. The molecule has 1 atom stereocenters. The van der Waals surface area contributed by atoms with Gasteiger partial charge in [0, 0.05) is 38.2 Å². The monoisotopic (exact) mass is 405 g/mol. The largest absolute Gasteiger partial charge is 0.482 e. The molecular formula is C22H23N5O3. The summed E-state index contributed by atoms with van der Waals surface area (Å²) in [7, 11) is 0. The van der Waals surface area contributed by atoms with Crippen LogP contribution >= 0.6 is 0 Å². The number of likely N-dealkylation sites (tertiary alicyclic amines) is 1. The van der Waals surface area contributed by atoms with Crippen molar-refractivity contribution in [2.24, 2.45) is 0 Å². The maximum Gasteiger partial charge on any atom is 0.265 e. The van der Waals surface area contributed by atoms with Gasteiger partial charge in [0.15, 0.2) is 12.3 Å². The number of carbonyl (C=O) groups is 2. The zero-order valence-corrected chi connectivity index (χ0v) is 16.6. The highest BCUT2D eigenvalue weighted by Gasteiger charge is 2.30. The molecule has 1 unspecified atom stereocenters. The first-order valence-corrected chi connectivity index (χ1v) is 10.3. The van der Waals surface area contributed by atoms with Crippen molar-refractivity contribution in [2.45, 2.75) is 25.2 Å². The topological polar surface area (TPSA) is 80.0 Å². The van der Waals surface area contributed by atoms with Crippen molar-refractivity contribution < 1.29 is 14.3 Å². The second-order valence-corrected chi connectivity index (χ2v) is 7.72. The van der Waals surface area contributed by atoms with Crippen molar-refractivity contribution in [3.8, 4) is 5.75 Å². The highest BCUT2D eigenvalue weighted by atomic mass is 16.5. The lowest BCUT2D eigenvalue weighted by Gasteiger charge is -2.33. The summed E-state index contributed by atoms with van der Waals surface area (Å²) in [5, 5.41) is 8.62. The first kappa shape index (κ1) is 18.6. The number of hydrogen-bond donors (Lipinski definition) is 0.